The van der Waals surface area contributed by atoms with Gasteiger partial charge in [-0.1, -0.05) is 0 Å². The fourth-order valence-corrected chi connectivity index (χ4v) is 4.80. The molecular weight excluding hydrogens is 400 g/mol. The number of furan rings is 1. The number of piperidine rings is 1. The van der Waals surface area contributed by atoms with Gasteiger partial charge >= 0.3 is 0 Å². The first kappa shape index (κ1) is 20.2. The number of aromatic nitrogens is 1. The van der Waals surface area contributed by atoms with Gasteiger partial charge in [0, 0.05) is 11.9 Å². The van der Waals surface area contributed by atoms with Crippen molar-refractivity contribution in [1.82, 2.24) is 10.3 Å². The van der Waals surface area contributed by atoms with E-state index in [9.17, 15) is 10.1 Å². The third kappa shape index (κ3) is 3.49. The zero-order chi connectivity index (χ0) is 21.4. The second-order valence-electron chi connectivity index (χ2n) is 7.64. The van der Waals surface area contributed by atoms with Gasteiger partial charge in [-0.05, 0) is 57.3 Å². The number of hydrogen-bond acceptors (Lipinski definition) is 8. The quantitative estimate of drug-likeness (QED) is 0.492. The summed E-state index contributed by atoms with van der Waals surface area (Å²) in [5.74, 6) is 1.64. The number of aryl methyl sites for hydroxylation is 2. The van der Waals surface area contributed by atoms with Gasteiger partial charge < -0.3 is 26.5 Å². The maximum Gasteiger partial charge on any atom is 0.260 e. The number of amides is 1. The highest BCUT2D eigenvalue weighted by Gasteiger charge is 2.26. The second-order valence-corrected chi connectivity index (χ2v) is 8.63. The van der Waals surface area contributed by atoms with Crippen LogP contribution >= 0.6 is 11.3 Å². The molecule has 1 aliphatic heterocycles. The number of carbonyl (C=O) groups is 1. The summed E-state index contributed by atoms with van der Waals surface area (Å²) in [7, 11) is 0. The molecule has 156 valence electrons. The molecule has 0 aromatic carbocycles. The van der Waals surface area contributed by atoms with E-state index >= 15 is 0 Å². The third-order valence-electron chi connectivity index (χ3n) is 5.64. The molecule has 0 unspecified atom stereocenters. The van der Waals surface area contributed by atoms with Gasteiger partial charge in [0.2, 0.25) is 0 Å². The van der Waals surface area contributed by atoms with Crippen molar-refractivity contribution >= 4 is 39.0 Å². The van der Waals surface area contributed by atoms with E-state index in [2.05, 4.69) is 21.7 Å². The van der Waals surface area contributed by atoms with Crippen LogP contribution in [0.3, 0.4) is 0 Å². The molecule has 6 N–H and O–H groups in total. The Kier molecular flexibility index (Phi) is 5.37. The molecule has 1 fully saturated rings. The van der Waals surface area contributed by atoms with Crippen LogP contribution in [0.4, 0.5) is 11.5 Å². The Labute approximate surface area is 178 Å². The Balaban J connectivity index is 1.89. The summed E-state index contributed by atoms with van der Waals surface area (Å²) >= 11 is 1.13. The second kappa shape index (κ2) is 7.97. The number of pyridine rings is 1. The van der Waals surface area contributed by atoms with Gasteiger partial charge in [0.25, 0.3) is 5.91 Å². The lowest BCUT2D eigenvalue weighted by atomic mass is 9.97. The summed E-state index contributed by atoms with van der Waals surface area (Å²) in [6, 6.07) is 4.15. The van der Waals surface area contributed by atoms with Crippen LogP contribution in [0.1, 0.15) is 39.4 Å². The first-order valence-electron chi connectivity index (χ1n) is 9.88. The zero-order valence-corrected chi connectivity index (χ0v) is 17.8. The van der Waals surface area contributed by atoms with Gasteiger partial charge in [-0.15, -0.1) is 11.3 Å². The lowest BCUT2D eigenvalue weighted by Gasteiger charge is -2.23. The number of nitrogen functional groups attached to an aromatic ring is 1. The third-order valence-corrected chi connectivity index (χ3v) is 6.76. The number of hydrogen-bond donors (Lipinski definition) is 4. The average Bonchev–Trinajstić information content (AvgIpc) is 3.25. The highest BCUT2D eigenvalue weighted by atomic mass is 32.1. The number of nitrogens with zero attached hydrogens (tertiary/aromatic N) is 2. The van der Waals surface area contributed by atoms with Crippen LogP contribution in [-0.2, 0) is 0 Å². The van der Waals surface area contributed by atoms with Gasteiger partial charge in [-0.2, -0.15) is 5.26 Å². The van der Waals surface area contributed by atoms with E-state index in [1.54, 1.807) is 0 Å². The Morgan fingerprint density at radius 2 is 2.17 bits per heavy atom. The molecule has 3 aromatic heterocycles. The normalized spacial score (nSPS) is 14.7. The number of nitrogens with two attached hydrogens (primary N) is 2. The molecule has 8 nitrogen and oxygen atoms in total. The maximum absolute atomic E-state index is 11.9. The minimum atomic E-state index is -0.615. The van der Waals surface area contributed by atoms with Crippen molar-refractivity contribution in [2.45, 2.75) is 26.7 Å². The molecular formula is C21H24N6O2S. The maximum atomic E-state index is 11.9. The van der Waals surface area contributed by atoms with Crippen molar-refractivity contribution in [2.75, 3.05) is 30.7 Å². The molecule has 30 heavy (non-hydrogen) atoms. The van der Waals surface area contributed by atoms with E-state index in [0.717, 1.165) is 48.6 Å². The van der Waals surface area contributed by atoms with Crippen molar-refractivity contribution in [1.29, 1.82) is 5.26 Å². The molecule has 0 bridgehead atoms. The molecule has 0 saturated carbocycles. The van der Waals surface area contributed by atoms with E-state index in [0.29, 0.717) is 45.4 Å². The predicted octanol–water partition coefficient (Wildman–Crippen LogP) is 3.14. The monoisotopic (exact) mass is 424 g/mol. The lowest BCUT2D eigenvalue weighted by Crippen LogP contribution is -2.31. The van der Waals surface area contributed by atoms with Crippen LogP contribution < -0.4 is 22.1 Å². The van der Waals surface area contributed by atoms with Gasteiger partial charge in [-0.3, -0.25) is 4.79 Å². The summed E-state index contributed by atoms with van der Waals surface area (Å²) in [6.07, 6.45) is 2.14. The highest BCUT2D eigenvalue weighted by Crippen LogP contribution is 2.43. The Hall–Kier alpha value is -3.09. The Bertz CT molecular complexity index is 1150. The molecule has 0 aliphatic carbocycles. The molecule has 1 aliphatic rings. The molecule has 1 amide bonds. The van der Waals surface area contributed by atoms with Crippen molar-refractivity contribution in [2.24, 2.45) is 11.7 Å². The molecule has 0 atom stereocenters. The van der Waals surface area contributed by atoms with Gasteiger partial charge in [0.15, 0.2) is 0 Å². The molecule has 4 heterocycles. The summed E-state index contributed by atoms with van der Waals surface area (Å²) in [6.45, 7) is 6.50. The fourth-order valence-electron chi connectivity index (χ4n) is 3.84. The topological polar surface area (TPSA) is 143 Å². The minimum absolute atomic E-state index is 0.234. The van der Waals surface area contributed by atoms with E-state index in [4.69, 9.17) is 15.9 Å². The SMILES string of the molecule is Cc1cc(-c2c(C#N)c(NCC3CCNCC3)nc3sc(C(N)=O)c(N)c23)oc1C. The number of carbonyl (C=O) groups excluding carboxylic acids is 1. The van der Waals surface area contributed by atoms with Crippen molar-refractivity contribution < 1.29 is 9.21 Å². The molecule has 9 heteroatoms. The summed E-state index contributed by atoms with van der Waals surface area (Å²) in [5, 5.41) is 17.3. The van der Waals surface area contributed by atoms with Gasteiger partial charge in [-0.25, -0.2) is 4.98 Å². The largest absolute Gasteiger partial charge is 0.461 e. The number of rotatable bonds is 5. The van der Waals surface area contributed by atoms with E-state index in [1.165, 1.54) is 0 Å². The fraction of sp³-hybridized carbons (Fsp3) is 0.381. The van der Waals surface area contributed by atoms with Crippen LogP contribution in [0.15, 0.2) is 10.5 Å². The molecule has 0 radical (unpaired) electrons. The molecule has 3 aromatic rings. The standard InChI is InChI=1S/C21H24N6O2S/c1-10-7-14(29-11(10)2)15-13(8-22)20(26-9-12-3-5-25-6-4-12)27-21-16(15)17(23)18(30-21)19(24)28/h7,12,25H,3-6,9,23H2,1-2H3,(H2,24,28)(H,26,27). The van der Waals surface area contributed by atoms with Crippen LogP contribution in [0.5, 0.6) is 0 Å². The summed E-state index contributed by atoms with van der Waals surface area (Å²) < 4.78 is 5.94. The number of anilines is 2. The number of nitriles is 1. The van der Waals surface area contributed by atoms with Crippen molar-refractivity contribution in [3.8, 4) is 17.4 Å². The van der Waals surface area contributed by atoms with Crippen LogP contribution in [0.25, 0.3) is 21.5 Å². The number of fused-ring (bicyclic) bond motifs is 1. The van der Waals surface area contributed by atoms with E-state index in [-0.39, 0.29) is 10.6 Å². The predicted molar refractivity (Wildman–Crippen MR) is 119 cm³/mol. The Morgan fingerprint density at radius 1 is 1.43 bits per heavy atom. The van der Waals surface area contributed by atoms with Crippen LogP contribution in [0.2, 0.25) is 0 Å². The summed E-state index contributed by atoms with van der Waals surface area (Å²) in [4.78, 5) is 17.3. The lowest BCUT2D eigenvalue weighted by molar-refractivity contribution is 0.100. The van der Waals surface area contributed by atoms with Gasteiger partial charge in [0.05, 0.1) is 11.3 Å². The number of nitrogens with one attached hydrogen (secondary N) is 2. The summed E-state index contributed by atoms with van der Waals surface area (Å²) in [5.41, 5.74) is 13.9. The van der Waals surface area contributed by atoms with Crippen LogP contribution in [0, 0.1) is 31.1 Å². The average molecular weight is 425 g/mol. The molecule has 0 spiro atoms. The van der Waals surface area contributed by atoms with Crippen molar-refractivity contribution in [3.05, 3.63) is 27.8 Å². The molecule has 1 saturated heterocycles. The number of thiophene rings is 1. The van der Waals surface area contributed by atoms with E-state index in [1.807, 2.05) is 19.9 Å². The van der Waals surface area contributed by atoms with E-state index < -0.39 is 5.91 Å². The minimum Gasteiger partial charge on any atom is -0.461 e. The Morgan fingerprint density at radius 3 is 2.77 bits per heavy atom. The highest BCUT2D eigenvalue weighted by molar-refractivity contribution is 7.21. The zero-order valence-electron chi connectivity index (χ0n) is 17.0. The first-order valence-corrected chi connectivity index (χ1v) is 10.7. The molecule has 4 rings (SSSR count). The van der Waals surface area contributed by atoms with Crippen molar-refractivity contribution in [3.63, 3.8) is 0 Å². The smallest absolute Gasteiger partial charge is 0.260 e. The van der Waals surface area contributed by atoms with Gasteiger partial charge in [0.1, 0.15) is 38.7 Å². The first-order chi connectivity index (χ1) is 14.4. The van der Waals surface area contributed by atoms with Crippen LogP contribution in [-0.4, -0.2) is 30.5 Å². The number of primary amides is 1.